The van der Waals surface area contributed by atoms with Gasteiger partial charge in [-0.1, -0.05) is 6.07 Å². The second-order valence-electron chi connectivity index (χ2n) is 7.67. The van der Waals surface area contributed by atoms with E-state index in [9.17, 15) is 14.7 Å². The van der Waals surface area contributed by atoms with Gasteiger partial charge in [0, 0.05) is 25.7 Å². The molecule has 0 unspecified atom stereocenters. The van der Waals surface area contributed by atoms with Crippen molar-refractivity contribution in [2.45, 2.75) is 50.8 Å². The van der Waals surface area contributed by atoms with Gasteiger partial charge in [0.15, 0.2) is 0 Å². The first-order chi connectivity index (χ1) is 14.0. The number of alkyl carbamates (subject to hydrolysis) is 1. The number of nitrogens with one attached hydrogen (secondary N) is 2. The summed E-state index contributed by atoms with van der Waals surface area (Å²) in [7, 11) is 1.33. The van der Waals surface area contributed by atoms with E-state index in [1.165, 1.54) is 7.11 Å². The van der Waals surface area contributed by atoms with Crippen LogP contribution < -0.4 is 10.6 Å². The van der Waals surface area contributed by atoms with E-state index in [1.54, 1.807) is 12.1 Å². The van der Waals surface area contributed by atoms with E-state index in [4.69, 9.17) is 4.74 Å². The van der Waals surface area contributed by atoms with E-state index in [-0.39, 0.29) is 23.7 Å². The normalized spacial score (nSPS) is 20.0. The molecule has 2 aliphatic rings. The molecule has 1 aliphatic carbocycles. The number of amides is 2. The summed E-state index contributed by atoms with van der Waals surface area (Å²) in [6.07, 6.45) is 2.52. The molecule has 3 N–H and O–H groups in total. The molecule has 1 heterocycles. The Morgan fingerprint density at radius 3 is 2.83 bits per heavy atom. The van der Waals surface area contributed by atoms with Gasteiger partial charge >= 0.3 is 6.09 Å². The number of rotatable bonds is 8. The Balaban J connectivity index is 1.67. The van der Waals surface area contributed by atoms with Gasteiger partial charge in [-0.15, -0.1) is 0 Å². The van der Waals surface area contributed by atoms with Gasteiger partial charge in [0.1, 0.15) is 11.9 Å². The number of phenolic OH excluding ortho intramolecular Hbond substituents is 1. The molecule has 1 saturated carbocycles. The van der Waals surface area contributed by atoms with E-state index < -0.39 is 12.2 Å². The SMILES string of the molecule is COC(=O)NCCCc1cc(O)cc([C@@H](C)N(C(=O)[C@H]2CNCCO2)C2CC2)c1. The molecule has 0 radical (unpaired) electrons. The minimum Gasteiger partial charge on any atom is -0.508 e. The maximum Gasteiger partial charge on any atom is 0.406 e. The van der Waals surface area contributed by atoms with E-state index in [0.717, 1.165) is 36.9 Å². The summed E-state index contributed by atoms with van der Waals surface area (Å²) in [4.78, 5) is 26.2. The number of aryl methyl sites for hydroxylation is 1. The Bertz CT molecular complexity index is 716. The van der Waals surface area contributed by atoms with Crippen LogP contribution in [0.4, 0.5) is 4.79 Å². The molecular formula is C21H31N3O5. The first-order valence-electron chi connectivity index (χ1n) is 10.3. The summed E-state index contributed by atoms with van der Waals surface area (Å²) >= 11 is 0. The van der Waals surface area contributed by atoms with Gasteiger partial charge in [-0.2, -0.15) is 0 Å². The fraction of sp³-hybridized carbons (Fsp3) is 0.619. The Morgan fingerprint density at radius 2 is 2.17 bits per heavy atom. The van der Waals surface area contributed by atoms with Crippen LogP contribution in [0.3, 0.4) is 0 Å². The average molecular weight is 405 g/mol. The van der Waals surface area contributed by atoms with Crippen LogP contribution in [0, 0.1) is 0 Å². The molecule has 0 bridgehead atoms. The zero-order valence-corrected chi connectivity index (χ0v) is 17.1. The summed E-state index contributed by atoms with van der Waals surface area (Å²) in [5.74, 6) is 0.198. The van der Waals surface area contributed by atoms with Gasteiger partial charge in [-0.05, 0) is 55.9 Å². The van der Waals surface area contributed by atoms with E-state index in [0.29, 0.717) is 26.1 Å². The minimum absolute atomic E-state index is 0.0133. The second-order valence-corrected chi connectivity index (χ2v) is 7.67. The fourth-order valence-electron chi connectivity index (χ4n) is 3.73. The Morgan fingerprint density at radius 1 is 1.38 bits per heavy atom. The smallest absolute Gasteiger partial charge is 0.406 e. The first kappa shape index (κ1) is 21.4. The van der Waals surface area contributed by atoms with Crippen molar-refractivity contribution in [3.8, 4) is 5.75 Å². The predicted octanol–water partition coefficient (Wildman–Crippen LogP) is 1.72. The third kappa shape index (κ3) is 5.83. The number of morpholine rings is 1. The summed E-state index contributed by atoms with van der Waals surface area (Å²) < 4.78 is 10.2. The van der Waals surface area contributed by atoms with Gasteiger partial charge in [0.2, 0.25) is 0 Å². The lowest BCUT2D eigenvalue weighted by Gasteiger charge is -2.34. The average Bonchev–Trinajstić information content (AvgIpc) is 3.56. The molecule has 8 nitrogen and oxygen atoms in total. The number of methoxy groups -OCH3 is 1. The largest absolute Gasteiger partial charge is 0.508 e. The quantitative estimate of drug-likeness (QED) is 0.570. The van der Waals surface area contributed by atoms with Gasteiger partial charge < -0.3 is 30.1 Å². The number of aromatic hydroxyl groups is 1. The van der Waals surface area contributed by atoms with E-state index in [1.807, 2.05) is 17.9 Å². The molecule has 8 heteroatoms. The predicted molar refractivity (Wildman–Crippen MR) is 108 cm³/mol. The number of hydrogen-bond donors (Lipinski definition) is 3. The molecule has 3 rings (SSSR count). The molecule has 29 heavy (non-hydrogen) atoms. The number of carbonyl (C=O) groups excluding carboxylic acids is 2. The summed E-state index contributed by atoms with van der Waals surface area (Å²) in [5.41, 5.74) is 1.88. The van der Waals surface area contributed by atoms with Crippen LogP contribution >= 0.6 is 0 Å². The highest BCUT2D eigenvalue weighted by molar-refractivity contribution is 5.82. The van der Waals surface area contributed by atoms with Crippen LogP contribution in [-0.4, -0.2) is 67.5 Å². The number of carbonyl (C=O) groups is 2. The molecule has 1 aliphatic heterocycles. The minimum atomic E-state index is -0.451. The highest BCUT2D eigenvalue weighted by Gasteiger charge is 2.40. The molecule has 2 atom stereocenters. The van der Waals surface area contributed by atoms with Gasteiger partial charge in [0.25, 0.3) is 5.91 Å². The lowest BCUT2D eigenvalue weighted by molar-refractivity contribution is -0.148. The topological polar surface area (TPSA) is 100 Å². The van der Waals surface area contributed by atoms with Crippen LogP contribution in [0.5, 0.6) is 5.75 Å². The standard InChI is InChI=1S/C21H31N3O5/c1-14(24(17-5-6-17)20(26)19-13-22-8-9-29-19)16-10-15(11-18(25)12-16)4-3-7-23-21(27)28-2/h10-12,14,17,19,22,25H,3-9,13H2,1-2H3,(H,23,27)/t14-,19-/m1/s1. The van der Waals surface area contributed by atoms with Gasteiger partial charge in [-0.3, -0.25) is 4.79 Å². The third-order valence-corrected chi connectivity index (χ3v) is 5.39. The highest BCUT2D eigenvalue weighted by atomic mass is 16.5. The molecule has 1 aromatic carbocycles. The van der Waals surface area contributed by atoms with E-state index in [2.05, 4.69) is 15.4 Å². The van der Waals surface area contributed by atoms with Crippen molar-refractivity contribution in [2.75, 3.05) is 33.4 Å². The number of ether oxygens (including phenoxy) is 2. The third-order valence-electron chi connectivity index (χ3n) is 5.39. The fourth-order valence-corrected chi connectivity index (χ4v) is 3.73. The lowest BCUT2D eigenvalue weighted by Crippen LogP contribution is -2.50. The van der Waals surface area contributed by atoms with Crippen molar-refractivity contribution in [3.63, 3.8) is 0 Å². The number of phenols is 1. The zero-order valence-electron chi connectivity index (χ0n) is 17.1. The second kappa shape index (κ2) is 9.93. The van der Waals surface area contributed by atoms with Crippen LogP contribution in [0.1, 0.15) is 43.4 Å². The molecule has 2 amide bonds. The van der Waals surface area contributed by atoms with Crippen molar-refractivity contribution < 1.29 is 24.2 Å². The van der Waals surface area contributed by atoms with E-state index >= 15 is 0 Å². The molecule has 2 fully saturated rings. The molecule has 1 saturated heterocycles. The lowest BCUT2D eigenvalue weighted by atomic mass is 10.00. The van der Waals surface area contributed by atoms with Gasteiger partial charge in [0.05, 0.1) is 19.8 Å². The van der Waals surface area contributed by atoms with Gasteiger partial charge in [-0.25, -0.2) is 4.79 Å². The summed E-state index contributed by atoms with van der Waals surface area (Å²) in [6, 6.07) is 5.57. The van der Waals surface area contributed by atoms with Crippen LogP contribution in [0.15, 0.2) is 18.2 Å². The highest BCUT2D eigenvalue weighted by Crippen LogP contribution is 2.36. The van der Waals surface area contributed by atoms with Crippen molar-refractivity contribution in [1.29, 1.82) is 0 Å². The van der Waals surface area contributed by atoms with Crippen LogP contribution in [0.25, 0.3) is 0 Å². The van der Waals surface area contributed by atoms with Crippen LogP contribution in [0.2, 0.25) is 0 Å². The first-order valence-corrected chi connectivity index (χ1v) is 10.3. The Labute approximate surface area is 171 Å². The maximum absolute atomic E-state index is 13.1. The number of hydrogen-bond acceptors (Lipinski definition) is 6. The zero-order chi connectivity index (χ0) is 20.8. The molecule has 1 aromatic rings. The van der Waals surface area contributed by atoms with Crippen molar-refractivity contribution in [2.24, 2.45) is 0 Å². The van der Waals surface area contributed by atoms with Crippen molar-refractivity contribution in [3.05, 3.63) is 29.3 Å². The molecule has 0 spiro atoms. The maximum atomic E-state index is 13.1. The summed E-state index contributed by atoms with van der Waals surface area (Å²) in [5, 5.41) is 16.1. The molecule has 0 aromatic heterocycles. The number of benzene rings is 1. The van der Waals surface area contributed by atoms with Crippen LogP contribution in [-0.2, 0) is 20.7 Å². The Hall–Kier alpha value is -2.32. The molecule has 160 valence electrons. The van der Waals surface area contributed by atoms with Crippen molar-refractivity contribution >= 4 is 12.0 Å². The molecular weight excluding hydrogens is 374 g/mol. The Kier molecular flexibility index (Phi) is 7.33. The van der Waals surface area contributed by atoms with Crippen molar-refractivity contribution in [1.82, 2.24) is 15.5 Å². The number of nitrogens with zero attached hydrogens (tertiary/aromatic N) is 1. The monoisotopic (exact) mass is 405 g/mol. The summed E-state index contributed by atoms with van der Waals surface area (Å²) in [6.45, 7) is 4.34.